The number of carbonyl (C=O) groups excluding carboxylic acids is 1. The first-order chi connectivity index (χ1) is 8.89. The van der Waals surface area contributed by atoms with Gasteiger partial charge in [-0.15, -0.1) is 5.10 Å². The van der Waals surface area contributed by atoms with Crippen LogP contribution in [0.2, 0.25) is 0 Å². The van der Waals surface area contributed by atoms with E-state index in [2.05, 4.69) is 10.3 Å². The third-order valence-corrected chi connectivity index (χ3v) is 3.28. The summed E-state index contributed by atoms with van der Waals surface area (Å²) in [6, 6.07) is -0.412. The SMILES string of the molecule is O=C(c1cn(C2CCCCCC2O)nn1)C(F)(F)F. The van der Waals surface area contributed by atoms with Crippen LogP contribution in [-0.2, 0) is 0 Å². The molecule has 0 amide bonds. The lowest BCUT2D eigenvalue weighted by atomic mass is 10.1. The fraction of sp³-hybridized carbons (Fsp3) is 0.727. The Labute approximate surface area is 107 Å². The zero-order chi connectivity index (χ0) is 14.0. The Morgan fingerprint density at radius 2 is 2.00 bits per heavy atom. The van der Waals surface area contributed by atoms with E-state index in [1.54, 1.807) is 0 Å². The van der Waals surface area contributed by atoms with Crippen LogP contribution in [0.4, 0.5) is 13.2 Å². The van der Waals surface area contributed by atoms with Gasteiger partial charge in [0, 0.05) is 0 Å². The number of aliphatic hydroxyl groups excluding tert-OH is 1. The Bertz CT molecular complexity index is 458. The number of ketones is 1. The maximum absolute atomic E-state index is 12.3. The first-order valence-corrected chi connectivity index (χ1v) is 6.11. The van der Waals surface area contributed by atoms with Crippen LogP contribution in [0.1, 0.15) is 48.6 Å². The van der Waals surface area contributed by atoms with Gasteiger partial charge < -0.3 is 5.11 Å². The summed E-state index contributed by atoms with van der Waals surface area (Å²) in [6.07, 6.45) is -0.755. The molecular weight excluding hydrogens is 263 g/mol. The number of hydrogen-bond donors (Lipinski definition) is 1. The van der Waals surface area contributed by atoms with Gasteiger partial charge in [0.2, 0.25) is 0 Å². The molecule has 1 heterocycles. The lowest BCUT2D eigenvalue weighted by molar-refractivity contribution is -0.0888. The molecule has 0 bridgehead atoms. The lowest BCUT2D eigenvalue weighted by Gasteiger charge is -2.19. The molecule has 2 rings (SSSR count). The Kier molecular flexibility index (Phi) is 3.88. The van der Waals surface area contributed by atoms with Crippen LogP contribution in [0.15, 0.2) is 6.20 Å². The van der Waals surface area contributed by atoms with Gasteiger partial charge in [-0.1, -0.05) is 24.5 Å². The summed E-state index contributed by atoms with van der Waals surface area (Å²) in [5, 5.41) is 16.7. The zero-order valence-electron chi connectivity index (χ0n) is 10.1. The molecule has 1 aromatic rings. The predicted molar refractivity (Wildman–Crippen MR) is 58.5 cm³/mol. The highest BCUT2D eigenvalue weighted by Gasteiger charge is 2.41. The van der Waals surface area contributed by atoms with Crippen molar-refractivity contribution in [2.45, 2.75) is 50.4 Å². The molecule has 0 aliphatic heterocycles. The van der Waals surface area contributed by atoms with Gasteiger partial charge in [-0.3, -0.25) is 4.79 Å². The fourth-order valence-electron chi connectivity index (χ4n) is 2.27. The molecule has 1 saturated carbocycles. The number of hydrogen-bond acceptors (Lipinski definition) is 4. The number of rotatable bonds is 2. The van der Waals surface area contributed by atoms with Gasteiger partial charge in [-0.2, -0.15) is 13.2 Å². The van der Waals surface area contributed by atoms with E-state index in [0.717, 1.165) is 25.5 Å². The van der Waals surface area contributed by atoms with Crippen molar-refractivity contribution >= 4 is 5.78 Å². The maximum atomic E-state index is 12.3. The van der Waals surface area contributed by atoms with Gasteiger partial charge >= 0.3 is 6.18 Å². The van der Waals surface area contributed by atoms with Crippen molar-refractivity contribution in [2.24, 2.45) is 0 Å². The van der Waals surface area contributed by atoms with E-state index in [-0.39, 0.29) is 0 Å². The highest BCUT2D eigenvalue weighted by molar-refractivity contribution is 5.98. The van der Waals surface area contributed by atoms with Crippen molar-refractivity contribution in [3.05, 3.63) is 11.9 Å². The van der Waals surface area contributed by atoms with Crippen LogP contribution in [-0.4, -0.2) is 38.2 Å². The molecule has 1 N–H and O–H groups in total. The topological polar surface area (TPSA) is 68.0 Å². The molecule has 0 saturated heterocycles. The molecule has 0 aromatic carbocycles. The van der Waals surface area contributed by atoms with Crippen LogP contribution < -0.4 is 0 Å². The van der Waals surface area contributed by atoms with E-state index in [0.29, 0.717) is 12.8 Å². The smallest absolute Gasteiger partial charge is 0.391 e. The van der Waals surface area contributed by atoms with Crippen molar-refractivity contribution in [3.8, 4) is 0 Å². The van der Waals surface area contributed by atoms with Crippen LogP contribution >= 0.6 is 0 Å². The first-order valence-electron chi connectivity index (χ1n) is 6.11. The van der Waals surface area contributed by atoms with E-state index in [9.17, 15) is 23.1 Å². The van der Waals surface area contributed by atoms with E-state index < -0.39 is 29.8 Å². The number of alkyl halides is 3. The standard InChI is InChI=1S/C11H14F3N3O2/c12-11(13,14)10(19)7-6-17(16-15-7)8-4-2-1-3-5-9(8)18/h6,8-9,18H,1-5H2. The molecule has 1 aliphatic rings. The molecule has 2 atom stereocenters. The number of nitrogens with zero attached hydrogens (tertiary/aromatic N) is 3. The minimum Gasteiger partial charge on any atom is -0.391 e. The van der Waals surface area contributed by atoms with E-state index in [1.807, 2.05) is 0 Å². The van der Waals surface area contributed by atoms with Crippen LogP contribution in [0.5, 0.6) is 0 Å². The summed E-state index contributed by atoms with van der Waals surface area (Å²) in [5.74, 6) is -2.01. The Balaban J connectivity index is 2.18. The number of halogens is 3. The molecule has 0 spiro atoms. The molecule has 8 heteroatoms. The minimum absolute atomic E-state index is 0.412. The fourth-order valence-corrected chi connectivity index (χ4v) is 2.27. The number of aliphatic hydroxyl groups is 1. The van der Waals surface area contributed by atoms with Gasteiger partial charge in [-0.25, -0.2) is 4.68 Å². The molecule has 1 fully saturated rings. The summed E-state index contributed by atoms with van der Waals surface area (Å²) >= 11 is 0. The Morgan fingerprint density at radius 1 is 1.32 bits per heavy atom. The molecule has 1 aromatic heterocycles. The third kappa shape index (κ3) is 3.12. The Hall–Kier alpha value is -1.44. The van der Waals surface area contributed by atoms with Gasteiger partial charge in [0.05, 0.1) is 18.3 Å². The quantitative estimate of drug-likeness (QED) is 0.662. The number of aromatic nitrogens is 3. The van der Waals surface area contributed by atoms with Crippen molar-refractivity contribution in [1.82, 2.24) is 15.0 Å². The molecule has 1 aliphatic carbocycles. The van der Waals surface area contributed by atoms with Crippen molar-refractivity contribution in [2.75, 3.05) is 0 Å². The molecule has 106 valence electrons. The van der Waals surface area contributed by atoms with Crippen molar-refractivity contribution in [1.29, 1.82) is 0 Å². The van der Waals surface area contributed by atoms with Crippen LogP contribution in [0, 0.1) is 0 Å². The monoisotopic (exact) mass is 277 g/mol. The summed E-state index contributed by atoms with van der Waals surface area (Å²) in [7, 11) is 0. The maximum Gasteiger partial charge on any atom is 0.456 e. The zero-order valence-corrected chi connectivity index (χ0v) is 10.1. The average molecular weight is 277 g/mol. The lowest BCUT2D eigenvalue weighted by Crippen LogP contribution is -2.24. The highest BCUT2D eigenvalue weighted by atomic mass is 19.4. The van der Waals surface area contributed by atoms with Crippen molar-refractivity contribution < 1.29 is 23.1 Å². The molecule has 0 radical (unpaired) electrons. The van der Waals surface area contributed by atoms with Crippen LogP contribution in [0.25, 0.3) is 0 Å². The largest absolute Gasteiger partial charge is 0.456 e. The second kappa shape index (κ2) is 5.28. The first kappa shape index (κ1) is 14.0. The van der Waals surface area contributed by atoms with Gasteiger partial charge in [0.25, 0.3) is 5.78 Å². The van der Waals surface area contributed by atoms with E-state index in [4.69, 9.17) is 0 Å². The number of Topliss-reactive ketones (excluding diaryl/α,β-unsaturated/α-hetero) is 1. The summed E-state index contributed by atoms with van der Waals surface area (Å²) < 4.78 is 37.9. The number of carbonyl (C=O) groups is 1. The molecular formula is C11H14F3N3O2. The highest BCUT2D eigenvalue weighted by Crippen LogP contribution is 2.27. The second-order valence-corrected chi connectivity index (χ2v) is 4.68. The van der Waals surface area contributed by atoms with Gasteiger partial charge in [-0.05, 0) is 12.8 Å². The van der Waals surface area contributed by atoms with Crippen LogP contribution in [0.3, 0.4) is 0 Å². The van der Waals surface area contributed by atoms with E-state index in [1.165, 1.54) is 4.68 Å². The molecule has 5 nitrogen and oxygen atoms in total. The molecule has 19 heavy (non-hydrogen) atoms. The minimum atomic E-state index is -4.96. The second-order valence-electron chi connectivity index (χ2n) is 4.68. The predicted octanol–water partition coefficient (Wildman–Crippen LogP) is 1.89. The third-order valence-electron chi connectivity index (χ3n) is 3.28. The summed E-state index contributed by atoms with van der Waals surface area (Å²) in [5.41, 5.74) is -0.732. The van der Waals surface area contributed by atoms with Crippen molar-refractivity contribution in [3.63, 3.8) is 0 Å². The van der Waals surface area contributed by atoms with Gasteiger partial charge in [0.1, 0.15) is 0 Å². The molecule has 2 unspecified atom stereocenters. The summed E-state index contributed by atoms with van der Waals surface area (Å²) in [4.78, 5) is 11.0. The van der Waals surface area contributed by atoms with Gasteiger partial charge in [0.15, 0.2) is 5.69 Å². The summed E-state index contributed by atoms with van der Waals surface area (Å²) in [6.45, 7) is 0. The average Bonchev–Trinajstić information content (AvgIpc) is 2.71. The Morgan fingerprint density at radius 3 is 2.68 bits per heavy atom. The van der Waals surface area contributed by atoms with E-state index >= 15 is 0 Å². The normalized spacial score (nSPS) is 25.1.